The molecule has 3 N–H and O–H groups in total. The van der Waals surface area contributed by atoms with Crippen molar-refractivity contribution in [2.45, 2.75) is 46.1 Å². The molecule has 0 amide bonds. The Hall–Kier alpha value is -0.0800. The van der Waals surface area contributed by atoms with Crippen molar-refractivity contribution in [3.05, 3.63) is 0 Å². The van der Waals surface area contributed by atoms with Crippen LogP contribution in [0.5, 0.6) is 0 Å². The molecule has 1 heterocycles. The van der Waals surface area contributed by atoms with Crippen LogP contribution in [-0.4, -0.2) is 61.3 Å². The summed E-state index contributed by atoms with van der Waals surface area (Å²) in [6.45, 7) is 12.3. The number of guanidine groups is 1. The molecule has 1 aliphatic rings. The van der Waals surface area contributed by atoms with Gasteiger partial charge in [0.1, 0.15) is 0 Å². The lowest BCUT2D eigenvalue weighted by Gasteiger charge is -2.29. The molecule has 0 aromatic carbocycles. The zero-order valence-corrected chi connectivity index (χ0v) is 16.1. The fraction of sp³-hybridized carbons (Fsp3) is 0.933. The van der Waals surface area contributed by atoms with E-state index in [1.807, 2.05) is 0 Å². The number of aliphatic hydroxyl groups is 1. The van der Waals surface area contributed by atoms with Crippen LogP contribution < -0.4 is 10.6 Å². The van der Waals surface area contributed by atoms with E-state index < -0.39 is 0 Å². The van der Waals surface area contributed by atoms with Crippen molar-refractivity contribution in [1.82, 2.24) is 15.5 Å². The van der Waals surface area contributed by atoms with Crippen molar-refractivity contribution < 1.29 is 5.11 Å². The summed E-state index contributed by atoms with van der Waals surface area (Å²) in [4.78, 5) is 6.99. The van der Waals surface area contributed by atoms with E-state index in [1.54, 1.807) is 0 Å². The molecule has 0 atom stereocenters. The van der Waals surface area contributed by atoms with Gasteiger partial charge in [0.25, 0.3) is 0 Å². The van der Waals surface area contributed by atoms with Crippen LogP contribution in [0.25, 0.3) is 0 Å². The predicted molar refractivity (Wildman–Crippen MR) is 101 cm³/mol. The van der Waals surface area contributed by atoms with Gasteiger partial charge in [0, 0.05) is 32.7 Å². The van der Waals surface area contributed by atoms with E-state index in [4.69, 9.17) is 0 Å². The molecule has 0 spiro atoms. The van der Waals surface area contributed by atoms with Gasteiger partial charge in [-0.3, -0.25) is 4.99 Å². The Morgan fingerprint density at radius 3 is 2.52 bits per heavy atom. The molecule has 0 aliphatic carbocycles. The first-order valence-electron chi connectivity index (χ1n) is 8.04. The summed E-state index contributed by atoms with van der Waals surface area (Å²) in [5.74, 6) is 1.51. The zero-order valence-electron chi connectivity index (χ0n) is 13.8. The van der Waals surface area contributed by atoms with E-state index in [2.05, 4.69) is 41.3 Å². The fourth-order valence-corrected chi connectivity index (χ4v) is 2.27. The van der Waals surface area contributed by atoms with Crippen LogP contribution in [-0.2, 0) is 0 Å². The highest BCUT2D eigenvalue weighted by Gasteiger charge is 2.15. The molecule has 1 rings (SSSR count). The molecule has 1 fully saturated rings. The number of nitrogens with zero attached hydrogens (tertiary/aromatic N) is 2. The average molecular weight is 412 g/mol. The topological polar surface area (TPSA) is 59.9 Å². The summed E-state index contributed by atoms with van der Waals surface area (Å²) >= 11 is 0. The third-order valence-electron chi connectivity index (χ3n) is 3.46. The van der Waals surface area contributed by atoms with Gasteiger partial charge in [-0.15, -0.1) is 24.0 Å². The Kier molecular flexibility index (Phi) is 12.4. The molecule has 0 bridgehead atoms. The van der Waals surface area contributed by atoms with Gasteiger partial charge in [0.2, 0.25) is 0 Å². The number of rotatable bonds is 7. The number of hydrogen-bond acceptors (Lipinski definition) is 3. The maximum absolute atomic E-state index is 9.47. The van der Waals surface area contributed by atoms with Crippen LogP contribution in [0.4, 0.5) is 0 Å². The second kappa shape index (κ2) is 12.5. The lowest BCUT2D eigenvalue weighted by molar-refractivity contribution is 0.0823. The van der Waals surface area contributed by atoms with Gasteiger partial charge in [-0.2, -0.15) is 0 Å². The van der Waals surface area contributed by atoms with Gasteiger partial charge in [-0.1, -0.05) is 13.8 Å². The highest BCUT2D eigenvalue weighted by atomic mass is 127. The number of aliphatic imine (C=N–C) groups is 1. The molecule has 1 saturated heterocycles. The van der Waals surface area contributed by atoms with Crippen molar-refractivity contribution in [3.8, 4) is 0 Å². The second-order valence-electron chi connectivity index (χ2n) is 5.97. The average Bonchev–Trinajstić information content (AvgIpc) is 2.42. The van der Waals surface area contributed by atoms with E-state index in [-0.39, 0.29) is 30.1 Å². The molecule has 0 unspecified atom stereocenters. The second-order valence-corrected chi connectivity index (χ2v) is 5.97. The van der Waals surface area contributed by atoms with Crippen molar-refractivity contribution >= 4 is 29.9 Å². The Morgan fingerprint density at radius 1 is 1.29 bits per heavy atom. The van der Waals surface area contributed by atoms with Gasteiger partial charge < -0.3 is 20.6 Å². The van der Waals surface area contributed by atoms with E-state index in [0.717, 1.165) is 64.5 Å². The van der Waals surface area contributed by atoms with Crippen LogP contribution in [0.15, 0.2) is 4.99 Å². The lowest BCUT2D eigenvalue weighted by Crippen LogP contribution is -2.40. The molecule has 0 aromatic heterocycles. The normalized spacial score (nSPS) is 17.7. The Morgan fingerprint density at radius 2 is 1.95 bits per heavy atom. The van der Waals surface area contributed by atoms with Gasteiger partial charge in [0.15, 0.2) is 5.96 Å². The third-order valence-corrected chi connectivity index (χ3v) is 3.46. The maximum Gasteiger partial charge on any atom is 0.191 e. The van der Waals surface area contributed by atoms with Crippen LogP contribution in [0, 0.1) is 5.92 Å². The molecule has 0 aromatic rings. The third kappa shape index (κ3) is 10.3. The minimum absolute atomic E-state index is 0. The summed E-state index contributed by atoms with van der Waals surface area (Å²) in [5, 5.41) is 16.1. The van der Waals surface area contributed by atoms with E-state index in [0.29, 0.717) is 5.92 Å². The molecule has 5 nitrogen and oxygen atoms in total. The van der Waals surface area contributed by atoms with E-state index >= 15 is 0 Å². The lowest BCUT2D eigenvalue weighted by atomic mass is 10.1. The minimum Gasteiger partial charge on any atom is -0.393 e. The van der Waals surface area contributed by atoms with Crippen LogP contribution in [0.3, 0.4) is 0 Å². The summed E-state index contributed by atoms with van der Waals surface area (Å²) < 4.78 is 0. The van der Waals surface area contributed by atoms with Crippen molar-refractivity contribution in [3.63, 3.8) is 0 Å². The molecule has 126 valence electrons. The smallest absolute Gasteiger partial charge is 0.191 e. The van der Waals surface area contributed by atoms with Crippen LogP contribution >= 0.6 is 24.0 Å². The molecular formula is C15H33IN4O. The Labute approximate surface area is 147 Å². The largest absolute Gasteiger partial charge is 0.393 e. The van der Waals surface area contributed by atoms with Crippen molar-refractivity contribution in [2.75, 3.05) is 39.3 Å². The van der Waals surface area contributed by atoms with E-state index in [1.165, 1.54) is 0 Å². The summed E-state index contributed by atoms with van der Waals surface area (Å²) in [5.41, 5.74) is 0. The monoisotopic (exact) mass is 412 g/mol. The molecule has 6 heteroatoms. The predicted octanol–water partition coefficient (Wildman–Crippen LogP) is 1.66. The van der Waals surface area contributed by atoms with Crippen LogP contribution in [0.1, 0.15) is 40.0 Å². The standard InChI is InChI=1S/C15H32N4O.HI/c1-4-16-15(18-12-13(2)3)17-8-5-9-19-10-6-14(20)7-11-19;/h13-14,20H,4-12H2,1-3H3,(H2,16,17,18);1H. The molecular weight excluding hydrogens is 379 g/mol. The maximum atomic E-state index is 9.47. The zero-order chi connectivity index (χ0) is 14.8. The SMILES string of the molecule is CCNC(=NCC(C)C)NCCCN1CCC(O)CC1.I. The quantitative estimate of drug-likeness (QED) is 0.258. The van der Waals surface area contributed by atoms with Gasteiger partial charge in [-0.05, 0) is 38.6 Å². The number of aliphatic hydroxyl groups excluding tert-OH is 1. The molecule has 0 saturated carbocycles. The van der Waals surface area contributed by atoms with Gasteiger partial charge in [-0.25, -0.2) is 0 Å². The van der Waals surface area contributed by atoms with Gasteiger partial charge >= 0.3 is 0 Å². The summed E-state index contributed by atoms with van der Waals surface area (Å²) in [6.07, 6.45) is 2.88. The Bertz CT molecular complexity index is 279. The number of halogens is 1. The molecule has 1 aliphatic heterocycles. The van der Waals surface area contributed by atoms with Crippen LogP contribution in [0.2, 0.25) is 0 Å². The molecule has 21 heavy (non-hydrogen) atoms. The Balaban J connectivity index is 0.00000400. The number of likely N-dealkylation sites (tertiary alicyclic amines) is 1. The van der Waals surface area contributed by atoms with Crippen molar-refractivity contribution in [1.29, 1.82) is 0 Å². The van der Waals surface area contributed by atoms with Gasteiger partial charge in [0.05, 0.1) is 6.10 Å². The van der Waals surface area contributed by atoms with Crippen molar-refractivity contribution in [2.24, 2.45) is 10.9 Å². The first kappa shape index (κ1) is 20.9. The number of nitrogens with one attached hydrogen (secondary N) is 2. The highest BCUT2D eigenvalue weighted by Crippen LogP contribution is 2.09. The highest BCUT2D eigenvalue weighted by molar-refractivity contribution is 14.0. The first-order chi connectivity index (χ1) is 9.61. The number of hydrogen-bond donors (Lipinski definition) is 3. The number of piperidine rings is 1. The fourth-order valence-electron chi connectivity index (χ4n) is 2.27. The first-order valence-corrected chi connectivity index (χ1v) is 8.04. The summed E-state index contributed by atoms with van der Waals surface area (Å²) in [7, 11) is 0. The summed E-state index contributed by atoms with van der Waals surface area (Å²) in [6, 6.07) is 0. The minimum atomic E-state index is -0.0760. The molecule has 0 radical (unpaired) electrons. The van der Waals surface area contributed by atoms with E-state index in [9.17, 15) is 5.11 Å².